The Hall–Kier alpha value is -0.650. The molecule has 2 unspecified atom stereocenters. The second-order valence-electron chi connectivity index (χ2n) is 4.53. The predicted molar refractivity (Wildman–Crippen MR) is 60.8 cm³/mol. The van der Waals surface area contributed by atoms with E-state index >= 15 is 0 Å². The van der Waals surface area contributed by atoms with E-state index in [0.29, 0.717) is 26.3 Å². The summed E-state index contributed by atoms with van der Waals surface area (Å²) in [5, 5.41) is 9.20. The minimum atomic E-state index is -0.214. The number of amides is 1. The molecule has 0 aromatic rings. The van der Waals surface area contributed by atoms with E-state index in [4.69, 9.17) is 10.5 Å². The maximum atomic E-state index is 12.2. The number of ether oxygens (including phenoxy) is 1. The zero-order valence-electron chi connectivity index (χ0n) is 10.1. The fraction of sp³-hybridized carbons (Fsp3) is 0.909. The predicted octanol–water partition coefficient (Wildman–Crippen LogP) is -0.563. The van der Waals surface area contributed by atoms with Crippen molar-refractivity contribution >= 4 is 5.91 Å². The first-order chi connectivity index (χ1) is 7.61. The molecule has 1 aliphatic heterocycles. The Morgan fingerprint density at radius 3 is 2.81 bits per heavy atom. The topological polar surface area (TPSA) is 75.8 Å². The van der Waals surface area contributed by atoms with Crippen molar-refractivity contribution in [3.63, 3.8) is 0 Å². The molecule has 1 saturated heterocycles. The molecular formula is C11H22N2O3. The first-order valence-corrected chi connectivity index (χ1v) is 5.81. The number of nitrogens with zero attached hydrogens (tertiary/aromatic N) is 1. The number of carbonyl (C=O) groups excluding carboxylic acids is 1. The summed E-state index contributed by atoms with van der Waals surface area (Å²) in [6.45, 7) is 5.78. The van der Waals surface area contributed by atoms with Crippen molar-refractivity contribution < 1.29 is 14.6 Å². The van der Waals surface area contributed by atoms with Crippen molar-refractivity contribution in [1.29, 1.82) is 0 Å². The quantitative estimate of drug-likeness (QED) is 0.678. The Morgan fingerprint density at radius 2 is 2.31 bits per heavy atom. The molecule has 1 amide bonds. The number of aliphatic hydroxyl groups excluding tert-OH is 1. The first-order valence-electron chi connectivity index (χ1n) is 5.81. The molecule has 5 nitrogen and oxygen atoms in total. The molecule has 0 spiro atoms. The van der Waals surface area contributed by atoms with Gasteiger partial charge in [-0.3, -0.25) is 4.79 Å². The number of rotatable bonds is 4. The van der Waals surface area contributed by atoms with Gasteiger partial charge in [0.05, 0.1) is 31.8 Å². The Labute approximate surface area is 96.6 Å². The maximum Gasteiger partial charge on any atom is 0.227 e. The Morgan fingerprint density at radius 1 is 1.62 bits per heavy atom. The van der Waals surface area contributed by atoms with Crippen LogP contribution in [0.1, 0.15) is 13.8 Å². The zero-order chi connectivity index (χ0) is 12.1. The van der Waals surface area contributed by atoms with E-state index in [0.717, 1.165) is 0 Å². The van der Waals surface area contributed by atoms with Crippen LogP contribution in [0.25, 0.3) is 0 Å². The molecule has 0 aliphatic carbocycles. The highest BCUT2D eigenvalue weighted by molar-refractivity contribution is 5.79. The largest absolute Gasteiger partial charge is 0.394 e. The molecule has 1 heterocycles. The van der Waals surface area contributed by atoms with Crippen LogP contribution in [-0.2, 0) is 9.53 Å². The van der Waals surface area contributed by atoms with Crippen molar-refractivity contribution in [2.24, 2.45) is 17.6 Å². The van der Waals surface area contributed by atoms with Crippen LogP contribution in [0.4, 0.5) is 0 Å². The van der Waals surface area contributed by atoms with E-state index in [1.807, 2.05) is 13.8 Å². The van der Waals surface area contributed by atoms with Crippen molar-refractivity contribution in [2.75, 3.05) is 32.9 Å². The van der Waals surface area contributed by atoms with Gasteiger partial charge in [0.2, 0.25) is 5.91 Å². The number of nitrogens with two attached hydrogens (primary N) is 1. The third-order valence-corrected chi connectivity index (χ3v) is 3.10. The van der Waals surface area contributed by atoms with Gasteiger partial charge in [0.25, 0.3) is 0 Å². The average molecular weight is 230 g/mol. The fourth-order valence-corrected chi connectivity index (χ4v) is 1.97. The Bertz CT molecular complexity index is 233. The van der Waals surface area contributed by atoms with Gasteiger partial charge in [-0.2, -0.15) is 0 Å². The normalized spacial score (nSPS) is 23.6. The van der Waals surface area contributed by atoms with Gasteiger partial charge in [-0.25, -0.2) is 0 Å². The average Bonchev–Trinajstić information content (AvgIpc) is 2.29. The van der Waals surface area contributed by atoms with Gasteiger partial charge in [-0.05, 0) is 5.92 Å². The summed E-state index contributed by atoms with van der Waals surface area (Å²) in [5.74, 6) is 0.103. The Balaban J connectivity index is 2.69. The third kappa shape index (κ3) is 2.93. The van der Waals surface area contributed by atoms with Crippen LogP contribution in [0.15, 0.2) is 0 Å². The highest BCUT2D eigenvalue weighted by Crippen LogP contribution is 2.17. The van der Waals surface area contributed by atoms with Crippen LogP contribution in [0, 0.1) is 11.8 Å². The zero-order valence-corrected chi connectivity index (χ0v) is 10.1. The molecule has 0 saturated carbocycles. The second-order valence-corrected chi connectivity index (χ2v) is 4.53. The summed E-state index contributed by atoms with van der Waals surface area (Å²) in [6.07, 6.45) is 0. The molecule has 94 valence electrons. The Kier molecular flexibility index (Phi) is 5.18. The van der Waals surface area contributed by atoms with Crippen molar-refractivity contribution in [3.05, 3.63) is 0 Å². The summed E-state index contributed by atoms with van der Waals surface area (Å²) >= 11 is 0. The van der Waals surface area contributed by atoms with E-state index in [2.05, 4.69) is 0 Å². The van der Waals surface area contributed by atoms with Gasteiger partial charge in [-0.1, -0.05) is 13.8 Å². The minimum absolute atomic E-state index is 0.0415. The van der Waals surface area contributed by atoms with Crippen molar-refractivity contribution in [1.82, 2.24) is 4.90 Å². The van der Waals surface area contributed by atoms with Crippen LogP contribution in [0.5, 0.6) is 0 Å². The van der Waals surface area contributed by atoms with E-state index in [1.54, 1.807) is 4.90 Å². The van der Waals surface area contributed by atoms with Gasteiger partial charge in [0.15, 0.2) is 0 Å². The number of carbonyl (C=O) groups is 1. The molecule has 2 atom stereocenters. The number of morpholine rings is 1. The standard InChI is InChI=1S/C11H22N2O3/c1-8(2)10(5-12)11(15)13-3-4-16-7-9(13)6-14/h8-10,14H,3-7,12H2,1-2H3. The summed E-state index contributed by atoms with van der Waals surface area (Å²) < 4.78 is 5.24. The molecular weight excluding hydrogens is 208 g/mol. The molecule has 1 fully saturated rings. The molecule has 16 heavy (non-hydrogen) atoms. The summed E-state index contributed by atoms with van der Waals surface area (Å²) in [5.41, 5.74) is 5.63. The van der Waals surface area contributed by atoms with E-state index in [1.165, 1.54) is 0 Å². The lowest BCUT2D eigenvalue weighted by molar-refractivity contribution is -0.147. The SMILES string of the molecule is CC(C)C(CN)C(=O)N1CCOCC1CO. The van der Waals surface area contributed by atoms with Gasteiger partial charge >= 0.3 is 0 Å². The maximum absolute atomic E-state index is 12.2. The number of hydrogen-bond donors (Lipinski definition) is 2. The third-order valence-electron chi connectivity index (χ3n) is 3.10. The van der Waals surface area contributed by atoms with Gasteiger partial charge in [-0.15, -0.1) is 0 Å². The molecule has 0 bridgehead atoms. The lowest BCUT2D eigenvalue weighted by Crippen LogP contribution is -2.54. The fourth-order valence-electron chi connectivity index (χ4n) is 1.97. The van der Waals surface area contributed by atoms with Crippen LogP contribution in [0.2, 0.25) is 0 Å². The minimum Gasteiger partial charge on any atom is -0.394 e. The molecule has 0 aromatic heterocycles. The summed E-state index contributed by atoms with van der Waals surface area (Å²) in [7, 11) is 0. The van der Waals surface area contributed by atoms with Crippen LogP contribution < -0.4 is 5.73 Å². The van der Waals surface area contributed by atoms with Crippen LogP contribution >= 0.6 is 0 Å². The molecule has 1 aliphatic rings. The molecule has 5 heteroatoms. The van der Waals surface area contributed by atoms with Gasteiger partial charge < -0.3 is 20.5 Å². The van der Waals surface area contributed by atoms with Gasteiger partial charge in [0.1, 0.15) is 0 Å². The van der Waals surface area contributed by atoms with Crippen molar-refractivity contribution in [3.8, 4) is 0 Å². The van der Waals surface area contributed by atoms with Crippen LogP contribution in [0.3, 0.4) is 0 Å². The lowest BCUT2D eigenvalue weighted by Gasteiger charge is -2.37. The second kappa shape index (κ2) is 6.18. The molecule has 0 radical (unpaired) electrons. The monoisotopic (exact) mass is 230 g/mol. The lowest BCUT2D eigenvalue weighted by atomic mass is 9.93. The van der Waals surface area contributed by atoms with Crippen molar-refractivity contribution in [2.45, 2.75) is 19.9 Å². The summed E-state index contributed by atoms with van der Waals surface area (Å²) in [6, 6.07) is -0.214. The van der Waals surface area contributed by atoms with Gasteiger partial charge in [0, 0.05) is 13.1 Å². The number of hydrogen-bond acceptors (Lipinski definition) is 4. The highest BCUT2D eigenvalue weighted by Gasteiger charge is 2.32. The van der Waals surface area contributed by atoms with E-state index < -0.39 is 0 Å². The molecule has 1 rings (SSSR count). The molecule has 3 N–H and O–H groups in total. The highest BCUT2D eigenvalue weighted by atomic mass is 16.5. The molecule has 0 aromatic carbocycles. The summed E-state index contributed by atoms with van der Waals surface area (Å²) in [4.78, 5) is 13.9. The number of aliphatic hydroxyl groups is 1. The van der Waals surface area contributed by atoms with E-state index in [9.17, 15) is 9.90 Å². The smallest absolute Gasteiger partial charge is 0.227 e. The van der Waals surface area contributed by atoms with Crippen LogP contribution in [-0.4, -0.2) is 54.9 Å². The van der Waals surface area contributed by atoms with E-state index in [-0.39, 0.29) is 30.4 Å². The first kappa shape index (κ1) is 13.4.